The Balaban J connectivity index is 3.95. The molecule has 0 aromatic carbocycles. The molecule has 0 aromatic rings. The fraction of sp³-hybridized carbons (Fsp3) is 0.889. The van der Waals surface area contributed by atoms with Gasteiger partial charge in [-0.2, -0.15) is 0 Å². The first-order chi connectivity index (χ1) is 5.77. The molecule has 0 bridgehead atoms. The van der Waals surface area contributed by atoms with E-state index in [4.69, 9.17) is 4.43 Å². The fourth-order valence-electron chi connectivity index (χ4n) is 0.704. The van der Waals surface area contributed by atoms with Gasteiger partial charge >= 0.3 is 0 Å². The van der Waals surface area contributed by atoms with E-state index in [2.05, 4.69) is 55.9 Å². The summed E-state index contributed by atoms with van der Waals surface area (Å²) >= 11 is 4.53. The second-order valence-corrected chi connectivity index (χ2v) is 9.67. The average molecular weight is 217 g/mol. The van der Waals surface area contributed by atoms with E-state index in [1.165, 1.54) is 0 Å². The molecule has 0 saturated carbocycles. The molecule has 0 unspecified atom stereocenters. The van der Waals surface area contributed by atoms with Crippen LogP contribution < -0.4 is 0 Å². The highest BCUT2D eigenvalue weighted by Crippen LogP contribution is 2.18. The lowest BCUT2D eigenvalue weighted by atomic mass is 9.95. The average Bonchev–Trinajstić information content (AvgIpc) is 1.97. The zero-order valence-electron chi connectivity index (χ0n) is 9.18. The molecule has 76 valence electrons. The predicted molar refractivity (Wildman–Crippen MR) is 63.0 cm³/mol. The molecule has 0 amide bonds. The molecule has 0 aliphatic heterocycles. The topological polar surface area (TPSA) is 21.6 Å². The van der Waals surface area contributed by atoms with Gasteiger partial charge in [0.2, 0.25) is 0 Å². The van der Waals surface area contributed by atoms with Gasteiger partial charge in [-0.15, -0.1) is 0 Å². The van der Waals surface area contributed by atoms with E-state index in [1.54, 1.807) is 0 Å². The van der Waals surface area contributed by atoms with E-state index in [9.17, 15) is 0 Å². The Morgan fingerprint density at radius 3 is 2.31 bits per heavy atom. The number of hydrogen-bond acceptors (Lipinski definition) is 3. The number of isothiocyanates is 1. The molecule has 0 aliphatic rings. The highest BCUT2D eigenvalue weighted by Gasteiger charge is 2.22. The van der Waals surface area contributed by atoms with Crippen molar-refractivity contribution in [3.05, 3.63) is 0 Å². The van der Waals surface area contributed by atoms with Crippen molar-refractivity contribution in [1.82, 2.24) is 0 Å². The third-order valence-corrected chi connectivity index (χ3v) is 2.61. The Morgan fingerprint density at radius 1 is 1.38 bits per heavy atom. The standard InChI is InChI=1S/C9H19NOSSi/c1-9(2,6-10-8-12)7-11-13(3,4)5/h6-7H2,1-5H3. The minimum Gasteiger partial charge on any atom is -0.417 e. The molecule has 0 aliphatic carbocycles. The van der Waals surface area contributed by atoms with Crippen molar-refractivity contribution >= 4 is 25.7 Å². The second kappa shape index (κ2) is 5.01. The molecule has 0 N–H and O–H groups in total. The van der Waals surface area contributed by atoms with Gasteiger partial charge in [-0.05, 0) is 31.9 Å². The molecule has 0 spiro atoms. The third-order valence-electron chi connectivity index (χ3n) is 1.47. The molecular weight excluding hydrogens is 198 g/mol. The summed E-state index contributed by atoms with van der Waals surface area (Å²) in [4.78, 5) is 3.94. The lowest BCUT2D eigenvalue weighted by Gasteiger charge is -2.27. The van der Waals surface area contributed by atoms with Gasteiger partial charge in [0.25, 0.3) is 0 Å². The summed E-state index contributed by atoms with van der Waals surface area (Å²) in [6, 6.07) is 0. The van der Waals surface area contributed by atoms with E-state index in [-0.39, 0.29) is 5.41 Å². The first-order valence-electron chi connectivity index (χ1n) is 4.44. The molecule has 0 fully saturated rings. The summed E-state index contributed by atoms with van der Waals surface area (Å²) in [5.74, 6) is 0. The van der Waals surface area contributed by atoms with Crippen molar-refractivity contribution in [3.63, 3.8) is 0 Å². The molecule has 0 heterocycles. The van der Waals surface area contributed by atoms with Crippen LogP contribution in [0.1, 0.15) is 13.8 Å². The second-order valence-electron chi connectivity index (χ2n) is 4.97. The zero-order valence-corrected chi connectivity index (χ0v) is 11.0. The zero-order chi connectivity index (χ0) is 10.5. The quantitative estimate of drug-likeness (QED) is 0.401. The Labute approximate surface area is 87.5 Å². The van der Waals surface area contributed by atoms with E-state index >= 15 is 0 Å². The summed E-state index contributed by atoms with van der Waals surface area (Å²) in [6.45, 7) is 12.3. The third kappa shape index (κ3) is 8.31. The van der Waals surface area contributed by atoms with E-state index in [0.29, 0.717) is 6.54 Å². The van der Waals surface area contributed by atoms with Crippen LogP contribution in [0.4, 0.5) is 0 Å². The number of rotatable bonds is 5. The van der Waals surface area contributed by atoms with Crippen molar-refractivity contribution in [2.24, 2.45) is 10.4 Å². The van der Waals surface area contributed by atoms with Crippen LogP contribution in [0, 0.1) is 5.41 Å². The molecule has 0 atom stereocenters. The Hall–Kier alpha value is -0.0231. The van der Waals surface area contributed by atoms with Crippen LogP contribution in [0.15, 0.2) is 4.99 Å². The smallest absolute Gasteiger partial charge is 0.183 e. The maximum Gasteiger partial charge on any atom is 0.183 e. The molecule has 0 aromatic heterocycles. The molecule has 0 radical (unpaired) electrons. The molecular formula is C9H19NOSSi. The van der Waals surface area contributed by atoms with Crippen molar-refractivity contribution in [2.75, 3.05) is 13.2 Å². The Kier molecular flexibility index (Phi) is 5.00. The van der Waals surface area contributed by atoms with Crippen molar-refractivity contribution in [1.29, 1.82) is 0 Å². The monoisotopic (exact) mass is 217 g/mol. The van der Waals surface area contributed by atoms with Gasteiger partial charge in [0.15, 0.2) is 8.32 Å². The molecule has 13 heavy (non-hydrogen) atoms. The maximum atomic E-state index is 5.81. The number of aliphatic imine (C=N–C) groups is 1. The highest BCUT2D eigenvalue weighted by molar-refractivity contribution is 7.78. The summed E-state index contributed by atoms with van der Waals surface area (Å²) in [5, 5.41) is 2.39. The van der Waals surface area contributed by atoms with Crippen LogP contribution in [-0.2, 0) is 4.43 Å². The van der Waals surface area contributed by atoms with Crippen LogP contribution in [0.25, 0.3) is 0 Å². The maximum absolute atomic E-state index is 5.81. The van der Waals surface area contributed by atoms with Gasteiger partial charge in [-0.25, -0.2) is 4.99 Å². The van der Waals surface area contributed by atoms with Gasteiger partial charge in [0.05, 0.1) is 11.7 Å². The first-order valence-corrected chi connectivity index (χ1v) is 8.26. The first kappa shape index (κ1) is 13.0. The van der Waals surface area contributed by atoms with Crippen molar-refractivity contribution in [2.45, 2.75) is 33.5 Å². The van der Waals surface area contributed by atoms with Crippen molar-refractivity contribution < 1.29 is 4.43 Å². The van der Waals surface area contributed by atoms with Crippen LogP contribution in [0.5, 0.6) is 0 Å². The van der Waals surface area contributed by atoms with E-state index < -0.39 is 8.32 Å². The lowest BCUT2D eigenvalue weighted by molar-refractivity contribution is 0.182. The summed E-state index contributed by atoms with van der Waals surface area (Å²) in [5.41, 5.74) is 0.0755. The van der Waals surface area contributed by atoms with Crippen LogP contribution in [-0.4, -0.2) is 26.6 Å². The van der Waals surface area contributed by atoms with Gasteiger partial charge in [0, 0.05) is 12.0 Å². The van der Waals surface area contributed by atoms with Crippen molar-refractivity contribution in [3.8, 4) is 0 Å². The molecule has 0 saturated heterocycles. The molecule has 0 rings (SSSR count). The Morgan fingerprint density at radius 2 is 1.92 bits per heavy atom. The van der Waals surface area contributed by atoms with E-state index in [1.807, 2.05) is 0 Å². The van der Waals surface area contributed by atoms with Gasteiger partial charge in [0.1, 0.15) is 0 Å². The van der Waals surface area contributed by atoms with Crippen LogP contribution >= 0.6 is 12.2 Å². The lowest BCUT2D eigenvalue weighted by Crippen LogP contribution is -2.33. The fourth-order valence-corrected chi connectivity index (χ4v) is 1.59. The number of nitrogens with zero attached hydrogens (tertiary/aromatic N) is 1. The van der Waals surface area contributed by atoms with Gasteiger partial charge in [-0.1, -0.05) is 13.8 Å². The van der Waals surface area contributed by atoms with Gasteiger partial charge < -0.3 is 4.43 Å². The minimum absolute atomic E-state index is 0.0755. The van der Waals surface area contributed by atoms with Crippen LogP contribution in [0.2, 0.25) is 19.6 Å². The number of thiocarbonyl (C=S) groups is 1. The SMILES string of the molecule is CC(C)(CN=C=S)CO[Si](C)(C)C. The van der Waals surface area contributed by atoms with Gasteiger partial charge in [-0.3, -0.25) is 0 Å². The van der Waals surface area contributed by atoms with Crippen LogP contribution in [0.3, 0.4) is 0 Å². The predicted octanol–water partition coefficient (Wildman–Crippen LogP) is 2.97. The summed E-state index contributed by atoms with van der Waals surface area (Å²) in [7, 11) is -1.39. The normalized spacial score (nSPS) is 12.4. The number of hydrogen-bond donors (Lipinski definition) is 0. The summed E-state index contributed by atoms with van der Waals surface area (Å²) in [6.07, 6.45) is 0. The minimum atomic E-state index is -1.39. The Bertz CT molecular complexity index is 204. The summed E-state index contributed by atoms with van der Waals surface area (Å²) < 4.78 is 5.81. The molecule has 4 heteroatoms. The molecule has 2 nitrogen and oxygen atoms in total. The largest absolute Gasteiger partial charge is 0.417 e. The highest BCUT2D eigenvalue weighted by atomic mass is 32.1. The van der Waals surface area contributed by atoms with E-state index in [0.717, 1.165) is 6.61 Å².